The number of para-hydroxylation sites is 1. The predicted molar refractivity (Wildman–Crippen MR) is 81.7 cm³/mol. The van der Waals surface area contributed by atoms with E-state index in [4.69, 9.17) is 0 Å². The fraction of sp³-hybridized carbons (Fsp3) is 0.562. The number of carbonyl (C=O) groups excluding carboxylic acids is 1. The van der Waals surface area contributed by atoms with Gasteiger partial charge in [-0.2, -0.15) is 0 Å². The highest BCUT2D eigenvalue weighted by molar-refractivity contribution is 5.92. The smallest absolute Gasteiger partial charge is 0.225 e. The summed E-state index contributed by atoms with van der Waals surface area (Å²) in [5.41, 5.74) is 3.31. The predicted octanol–water partition coefficient (Wildman–Crippen LogP) is 3.45. The molecule has 0 aliphatic rings. The van der Waals surface area contributed by atoms with Crippen molar-refractivity contribution in [2.75, 3.05) is 18.4 Å². The molecular weight excluding hydrogens is 236 g/mol. The van der Waals surface area contributed by atoms with Crippen molar-refractivity contribution >= 4 is 11.6 Å². The minimum Gasteiger partial charge on any atom is -0.326 e. The Kier molecular flexibility index (Phi) is 6.57. The molecule has 0 fully saturated rings. The average Bonchev–Trinajstić information content (AvgIpc) is 2.37. The molecular formula is C16H26N2O. The van der Waals surface area contributed by atoms with Crippen LogP contribution in [0.3, 0.4) is 0 Å². The molecule has 1 aromatic carbocycles. The molecule has 0 aliphatic heterocycles. The van der Waals surface area contributed by atoms with Crippen molar-refractivity contribution in [1.82, 2.24) is 5.32 Å². The Hall–Kier alpha value is -1.35. The molecule has 0 heterocycles. The van der Waals surface area contributed by atoms with Gasteiger partial charge in [-0.15, -0.1) is 0 Å². The van der Waals surface area contributed by atoms with Crippen LogP contribution in [0.1, 0.15) is 50.7 Å². The van der Waals surface area contributed by atoms with Gasteiger partial charge >= 0.3 is 0 Å². The summed E-state index contributed by atoms with van der Waals surface area (Å²) in [4.78, 5) is 12.0. The third-order valence-electron chi connectivity index (χ3n) is 3.15. The van der Waals surface area contributed by atoms with Gasteiger partial charge in [0.05, 0.1) is 0 Å². The van der Waals surface area contributed by atoms with Crippen LogP contribution in [-0.4, -0.2) is 19.0 Å². The number of anilines is 1. The van der Waals surface area contributed by atoms with Crippen LogP contribution in [0.4, 0.5) is 5.69 Å². The highest BCUT2D eigenvalue weighted by atomic mass is 16.1. The Labute approximate surface area is 116 Å². The Balaban J connectivity index is 2.63. The van der Waals surface area contributed by atoms with Crippen molar-refractivity contribution in [2.24, 2.45) is 0 Å². The van der Waals surface area contributed by atoms with Crippen LogP contribution in [0.2, 0.25) is 0 Å². The molecule has 1 rings (SSSR count). The zero-order valence-corrected chi connectivity index (χ0v) is 12.5. The van der Waals surface area contributed by atoms with E-state index in [0.717, 1.165) is 30.8 Å². The monoisotopic (exact) mass is 262 g/mol. The van der Waals surface area contributed by atoms with Gasteiger partial charge in [0.15, 0.2) is 0 Å². The van der Waals surface area contributed by atoms with Crippen molar-refractivity contribution in [3.05, 3.63) is 29.3 Å². The van der Waals surface area contributed by atoms with E-state index >= 15 is 0 Å². The Bertz CT molecular complexity index is 413. The quantitative estimate of drug-likeness (QED) is 0.739. The van der Waals surface area contributed by atoms with E-state index in [9.17, 15) is 4.79 Å². The van der Waals surface area contributed by atoms with Gasteiger partial charge in [-0.25, -0.2) is 0 Å². The van der Waals surface area contributed by atoms with E-state index in [1.54, 1.807) is 0 Å². The van der Waals surface area contributed by atoms with E-state index in [0.29, 0.717) is 12.3 Å². The topological polar surface area (TPSA) is 41.1 Å². The maximum atomic E-state index is 12.0. The molecule has 0 radical (unpaired) electrons. The second-order valence-corrected chi connectivity index (χ2v) is 5.24. The van der Waals surface area contributed by atoms with Gasteiger partial charge in [0.2, 0.25) is 5.91 Å². The fourth-order valence-electron chi connectivity index (χ4n) is 2.05. The van der Waals surface area contributed by atoms with E-state index in [1.165, 1.54) is 5.56 Å². The van der Waals surface area contributed by atoms with Crippen LogP contribution in [0.25, 0.3) is 0 Å². The molecule has 3 nitrogen and oxygen atoms in total. The number of benzene rings is 1. The van der Waals surface area contributed by atoms with Gasteiger partial charge in [-0.1, -0.05) is 39.0 Å². The largest absolute Gasteiger partial charge is 0.326 e. The third-order valence-corrected chi connectivity index (χ3v) is 3.15. The molecule has 0 saturated heterocycles. The Morgan fingerprint density at radius 1 is 1.26 bits per heavy atom. The summed E-state index contributed by atoms with van der Waals surface area (Å²) < 4.78 is 0. The number of hydrogen-bond acceptors (Lipinski definition) is 2. The molecule has 2 N–H and O–H groups in total. The summed E-state index contributed by atoms with van der Waals surface area (Å²) in [7, 11) is 0. The molecule has 0 spiro atoms. The molecule has 0 unspecified atom stereocenters. The molecule has 106 valence electrons. The summed E-state index contributed by atoms with van der Waals surface area (Å²) in [6, 6.07) is 6.17. The molecule has 0 bridgehead atoms. The van der Waals surface area contributed by atoms with Crippen LogP contribution in [0.15, 0.2) is 18.2 Å². The normalized spacial score (nSPS) is 10.8. The maximum Gasteiger partial charge on any atom is 0.225 e. The summed E-state index contributed by atoms with van der Waals surface area (Å²) >= 11 is 0. The van der Waals surface area contributed by atoms with Crippen LogP contribution in [0, 0.1) is 6.92 Å². The van der Waals surface area contributed by atoms with Crippen molar-refractivity contribution in [3.8, 4) is 0 Å². The minimum absolute atomic E-state index is 0.0832. The molecule has 0 saturated carbocycles. The van der Waals surface area contributed by atoms with Crippen molar-refractivity contribution < 1.29 is 4.79 Å². The molecule has 0 atom stereocenters. The highest BCUT2D eigenvalue weighted by Crippen LogP contribution is 2.27. The lowest BCUT2D eigenvalue weighted by Gasteiger charge is -2.16. The van der Waals surface area contributed by atoms with E-state index in [-0.39, 0.29) is 5.91 Å². The first-order chi connectivity index (χ1) is 9.06. The van der Waals surface area contributed by atoms with Crippen LogP contribution < -0.4 is 10.6 Å². The number of carbonyl (C=O) groups is 1. The lowest BCUT2D eigenvalue weighted by Crippen LogP contribution is -2.23. The van der Waals surface area contributed by atoms with E-state index in [1.807, 2.05) is 19.1 Å². The minimum atomic E-state index is 0.0832. The molecule has 1 amide bonds. The summed E-state index contributed by atoms with van der Waals surface area (Å²) in [5, 5.41) is 6.30. The first-order valence-electron chi connectivity index (χ1n) is 7.16. The number of rotatable bonds is 7. The van der Waals surface area contributed by atoms with E-state index < -0.39 is 0 Å². The zero-order valence-electron chi connectivity index (χ0n) is 12.5. The van der Waals surface area contributed by atoms with Gasteiger partial charge < -0.3 is 10.6 Å². The van der Waals surface area contributed by atoms with Gasteiger partial charge in [-0.3, -0.25) is 4.79 Å². The van der Waals surface area contributed by atoms with E-state index in [2.05, 4.69) is 37.5 Å². The maximum absolute atomic E-state index is 12.0. The average molecular weight is 262 g/mol. The van der Waals surface area contributed by atoms with Crippen molar-refractivity contribution in [1.29, 1.82) is 0 Å². The second kappa shape index (κ2) is 7.95. The first kappa shape index (κ1) is 15.7. The third kappa shape index (κ3) is 5.03. The lowest BCUT2D eigenvalue weighted by molar-refractivity contribution is -0.116. The van der Waals surface area contributed by atoms with Gasteiger partial charge in [0.1, 0.15) is 0 Å². The molecule has 0 aromatic heterocycles. The highest BCUT2D eigenvalue weighted by Gasteiger charge is 2.11. The Morgan fingerprint density at radius 3 is 2.63 bits per heavy atom. The first-order valence-corrected chi connectivity index (χ1v) is 7.16. The molecule has 0 aliphatic carbocycles. The van der Waals surface area contributed by atoms with Gasteiger partial charge in [-0.05, 0) is 36.9 Å². The standard InChI is InChI=1S/C16H26N2O/c1-5-10-17-11-9-15(19)18-16-13(4)7-6-8-14(16)12(2)3/h6-8,12,17H,5,9-11H2,1-4H3,(H,18,19). The van der Waals surface area contributed by atoms with Crippen molar-refractivity contribution in [3.63, 3.8) is 0 Å². The fourth-order valence-corrected chi connectivity index (χ4v) is 2.05. The van der Waals surface area contributed by atoms with Crippen molar-refractivity contribution in [2.45, 2.75) is 46.5 Å². The summed E-state index contributed by atoms with van der Waals surface area (Å²) in [6.45, 7) is 10.2. The van der Waals surface area contributed by atoms with Crippen LogP contribution >= 0.6 is 0 Å². The van der Waals surface area contributed by atoms with Crippen LogP contribution in [0.5, 0.6) is 0 Å². The van der Waals surface area contributed by atoms with Gasteiger partial charge in [0, 0.05) is 18.7 Å². The number of amides is 1. The number of hydrogen-bond donors (Lipinski definition) is 2. The number of aryl methyl sites for hydroxylation is 1. The molecule has 3 heteroatoms. The number of nitrogens with one attached hydrogen (secondary N) is 2. The molecule has 1 aromatic rings. The zero-order chi connectivity index (χ0) is 14.3. The lowest BCUT2D eigenvalue weighted by atomic mass is 9.98. The second-order valence-electron chi connectivity index (χ2n) is 5.24. The van der Waals surface area contributed by atoms with Crippen LogP contribution in [-0.2, 0) is 4.79 Å². The summed E-state index contributed by atoms with van der Waals surface area (Å²) in [6.07, 6.45) is 1.61. The Morgan fingerprint density at radius 2 is 2.00 bits per heavy atom. The summed E-state index contributed by atoms with van der Waals surface area (Å²) in [5.74, 6) is 0.494. The SMILES string of the molecule is CCCNCCC(=O)Nc1c(C)cccc1C(C)C. The molecule has 19 heavy (non-hydrogen) atoms. The van der Waals surface area contributed by atoms with Gasteiger partial charge in [0.25, 0.3) is 0 Å².